The number of hydroxylamine groups is 2. The largest absolute Gasteiger partial charge is 0.318 e. The van der Waals surface area contributed by atoms with E-state index in [9.17, 15) is 18.0 Å². The van der Waals surface area contributed by atoms with Crippen molar-refractivity contribution in [3.63, 3.8) is 0 Å². The first-order chi connectivity index (χ1) is 17.9. The van der Waals surface area contributed by atoms with Gasteiger partial charge in [0.15, 0.2) is 0 Å². The highest BCUT2D eigenvalue weighted by atomic mass is 32.2. The van der Waals surface area contributed by atoms with Crippen LogP contribution in [0.25, 0.3) is 10.8 Å². The number of hydrogen-bond acceptors (Lipinski definition) is 5. The molecule has 0 aliphatic carbocycles. The van der Waals surface area contributed by atoms with Crippen molar-refractivity contribution in [3.05, 3.63) is 77.4 Å². The van der Waals surface area contributed by atoms with Crippen LogP contribution in [0.5, 0.6) is 0 Å². The summed E-state index contributed by atoms with van der Waals surface area (Å²) in [5.74, 6) is -1.59. The zero-order valence-corrected chi connectivity index (χ0v) is 22.3. The molecule has 196 valence electrons. The van der Waals surface area contributed by atoms with Gasteiger partial charge < -0.3 is 0 Å². The number of aryl methyl sites for hydroxylation is 1. The molecule has 3 aromatic rings. The average Bonchev–Trinajstić information content (AvgIpc) is 2.91. The number of hydrogen-bond donors (Lipinski definition) is 0. The van der Waals surface area contributed by atoms with E-state index in [0.29, 0.717) is 10.4 Å². The first-order valence-corrected chi connectivity index (χ1v) is 14.8. The van der Waals surface area contributed by atoms with Crippen molar-refractivity contribution in [1.29, 1.82) is 0 Å². The minimum Gasteiger partial charge on any atom is -0.266 e. The van der Waals surface area contributed by atoms with Crippen molar-refractivity contribution in [2.24, 2.45) is 0 Å². The van der Waals surface area contributed by atoms with Crippen LogP contribution < -0.4 is 0 Å². The number of imide groups is 1. The molecule has 0 unspecified atom stereocenters. The second-order valence-corrected chi connectivity index (χ2v) is 11.2. The monoisotopic (exact) mass is 521 g/mol. The number of unbranched alkanes of at least 4 members (excludes halogenated alkanes) is 9. The zero-order chi connectivity index (χ0) is 26.3. The summed E-state index contributed by atoms with van der Waals surface area (Å²) in [5, 5.41) is 1.59. The summed E-state index contributed by atoms with van der Waals surface area (Å²) in [6.07, 6.45) is 13.5. The average molecular weight is 522 g/mol. The fourth-order valence-electron chi connectivity index (χ4n) is 4.86. The SMILES string of the molecule is CCCCCCCCCCCCc1ccc(S(=O)(=O)ON2C(=O)c3cccc4cccc(c34)C2=O)cc1. The molecule has 4 rings (SSSR count). The lowest BCUT2D eigenvalue weighted by atomic mass is 9.95. The molecule has 1 heterocycles. The van der Waals surface area contributed by atoms with Crippen molar-refractivity contribution in [2.75, 3.05) is 0 Å². The molecule has 37 heavy (non-hydrogen) atoms. The molecule has 1 aliphatic rings. The molecule has 0 bridgehead atoms. The van der Waals surface area contributed by atoms with Gasteiger partial charge in [0.05, 0.1) is 16.0 Å². The Bertz CT molecular complexity index is 1300. The summed E-state index contributed by atoms with van der Waals surface area (Å²) in [6, 6.07) is 16.6. The van der Waals surface area contributed by atoms with Gasteiger partial charge in [-0.3, -0.25) is 9.59 Å². The molecule has 0 fully saturated rings. The van der Waals surface area contributed by atoms with Gasteiger partial charge in [-0.1, -0.05) is 101 Å². The first-order valence-electron chi connectivity index (χ1n) is 13.4. The van der Waals surface area contributed by atoms with Gasteiger partial charge in [0.2, 0.25) is 0 Å². The van der Waals surface area contributed by atoms with E-state index in [1.54, 1.807) is 48.5 Å². The maximum absolute atomic E-state index is 13.0. The van der Waals surface area contributed by atoms with Crippen molar-refractivity contribution < 1.29 is 22.3 Å². The van der Waals surface area contributed by atoms with Gasteiger partial charge in [0.25, 0.3) is 11.8 Å². The van der Waals surface area contributed by atoms with Gasteiger partial charge in [-0.05, 0) is 48.1 Å². The normalized spacial score (nSPS) is 13.5. The molecule has 7 heteroatoms. The first kappa shape index (κ1) is 27.0. The van der Waals surface area contributed by atoms with Gasteiger partial charge in [-0.2, -0.15) is 8.42 Å². The van der Waals surface area contributed by atoms with E-state index in [-0.39, 0.29) is 16.0 Å². The van der Waals surface area contributed by atoms with Crippen LogP contribution >= 0.6 is 0 Å². The molecule has 0 aromatic heterocycles. The smallest absolute Gasteiger partial charge is 0.266 e. The quantitative estimate of drug-likeness (QED) is 0.165. The van der Waals surface area contributed by atoms with Crippen molar-refractivity contribution in [3.8, 4) is 0 Å². The number of carbonyl (C=O) groups excluding carboxylic acids is 2. The van der Waals surface area contributed by atoms with Crippen molar-refractivity contribution >= 4 is 32.7 Å². The van der Waals surface area contributed by atoms with Crippen LogP contribution in [0.15, 0.2) is 65.6 Å². The lowest BCUT2D eigenvalue weighted by molar-refractivity contribution is -0.0155. The number of carbonyl (C=O) groups is 2. The summed E-state index contributed by atoms with van der Waals surface area (Å²) in [7, 11) is -4.37. The Morgan fingerprint density at radius 2 is 1.19 bits per heavy atom. The molecule has 0 N–H and O–H groups in total. The maximum Gasteiger partial charge on any atom is 0.318 e. The highest BCUT2D eigenvalue weighted by molar-refractivity contribution is 7.86. The Kier molecular flexibility index (Phi) is 9.11. The second kappa shape index (κ2) is 12.5. The molecule has 0 radical (unpaired) electrons. The second-order valence-electron chi connectivity index (χ2n) is 9.72. The van der Waals surface area contributed by atoms with Gasteiger partial charge in [-0.25, -0.2) is 0 Å². The van der Waals surface area contributed by atoms with Crippen LogP contribution in [0.4, 0.5) is 0 Å². The maximum atomic E-state index is 13.0. The molecule has 0 saturated heterocycles. The van der Waals surface area contributed by atoms with E-state index in [1.807, 2.05) is 0 Å². The minimum absolute atomic E-state index is 0.100. The molecule has 0 saturated carbocycles. The molecule has 0 atom stereocenters. The fourth-order valence-corrected chi connectivity index (χ4v) is 5.74. The molecule has 2 amide bonds. The van der Waals surface area contributed by atoms with Crippen molar-refractivity contribution in [1.82, 2.24) is 5.06 Å². The molecular formula is C30H35NO5S. The number of rotatable bonds is 14. The lowest BCUT2D eigenvalue weighted by Crippen LogP contribution is -2.41. The van der Waals surface area contributed by atoms with E-state index in [2.05, 4.69) is 6.92 Å². The molecule has 1 aliphatic heterocycles. The van der Waals surface area contributed by atoms with E-state index in [1.165, 1.54) is 63.5 Å². The van der Waals surface area contributed by atoms with Crippen LogP contribution in [0.1, 0.15) is 97.4 Å². The number of amides is 2. The topological polar surface area (TPSA) is 80.8 Å². The lowest BCUT2D eigenvalue weighted by Gasteiger charge is -2.25. The van der Waals surface area contributed by atoms with Gasteiger partial charge in [0.1, 0.15) is 0 Å². The minimum atomic E-state index is -4.37. The van der Waals surface area contributed by atoms with Crippen LogP contribution in [0, 0.1) is 0 Å². The molecule has 3 aromatic carbocycles. The van der Waals surface area contributed by atoms with Gasteiger partial charge in [-0.15, -0.1) is 9.35 Å². The summed E-state index contributed by atoms with van der Waals surface area (Å²) >= 11 is 0. The summed E-state index contributed by atoms with van der Waals surface area (Å²) < 4.78 is 31.0. The zero-order valence-electron chi connectivity index (χ0n) is 21.4. The van der Waals surface area contributed by atoms with E-state index < -0.39 is 21.9 Å². The Morgan fingerprint density at radius 1 is 0.676 bits per heavy atom. The third-order valence-electron chi connectivity index (χ3n) is 6.94. The van der Waals surface area contributed by atoms with Crippen LogP contribution in [0.2, 0.25) is 0 Å². The molecule has 6 nitrogen and oxygen atoms in total. The van der Waals surface area contributed by atoms with E-state index in [4.69, 9.17) is 4.28 Å². The van der Waals surface area contributed by atoms with Crippen LogP contribution in [0.3, 0.4) is 0 Å². The highest BCUT2D eigenvalue weighted by Crippen LogP contribution is 2.31. The third kappa shape index (κ3) is 6.46. The van der Waals surface area contributed by atoms with Gasteiger partial charge in [0, 0.05) is 5.39 Å². The predicted molar refractivity (Wildman–Crippen MR) is 145 cm³/mol. The summed E-state index contributed by atoms with van der Waals surface area (Å²) in [5.41, 5.74) is 1.51. The fraction of sp³-hybridized carbons (Fsp3) is 0.400. The Hall–Kier alpha value is -3.03. The Labute approximate surface area is 219 Å². The molecular weight excluding hydrogens is 486 g/mol. The Morgan fingerprint density at radius 3 is 1.73 bits per heavy atom. The van der Waals surface area contributed by atoms with Gasteiger partial charge >= 0.3 is 10.1 Å². The van der Waals surface area contributed by atoms with E-state index >= 15 is 0 Å². The predicted octanol–water partition coefficient (Wildman–Crippen LogP) is 7.22. The van der Waals surface area contributed by atoms with Crippen molar-refractivity contribution in [2.45, 2.75) is 82.4 Å². The number of benzene rings is 3. The molecule has 0 spiro atoms. The third-order valence-corrected chi connectivity index (χ3v) is 8.13. The summed E-state index contributed by atoms with van der Waals surface area (Å²) in [6.45, 7) is 2.24. The van der Waals surface area contributed by atoms with Crippen LogP contribution in [-0.2, 0) is 20.8 Å². The Balaban J connectivity index is 1.30. The number of nitrogens with zero attached hydrogens (tertiary/aromatic N) is 1. The standard InChI is InChI=1S/C30H35NO5S/c1-2-3-4-5-6-7-8-9-10-11-14-23-19-21-25(22-20-23)37(34,35)36-31-29(32)26-17-12-15-24-16-13-18-27(28(24)26)30(31)33/h12-13,15-22H,2-11,14H2,1H3. The summed E-state index contributed by atoms with van der Waals surface area (Å²) in [4.78, 5) is 25.8. The highest BCUT2D eigenvalue weighted by Gasteiger charge is 2.37. The van der Waals surface area contributed by atoms with Crippen LogP contribution in [-0.4, -0.2) is 25.3 Å². The van der Waals surface area contributed by atoms with E-state index in [0.717, 1.165) is 30.2 Å².